The average molecular weight is 650 g/mol. The Bertz CT molecular complexity index is 1640. The standard InChI is InChI=1S/C30H39N3O9S2/c34-19-25(35)18-32-43(37,38)28-7-3-6-27(15-28)41-21-26(36)17-31-24-16-30(42-20-24)10-12-33(13-11-30)44(39,40)29-9-8-22-4-1-2-5-23(22)14-29/h1-9,14-15,24-26,31-32,34-36H,10-13,16-21H2/t24?,25?,26-/m0/s1. The van der Waals surface area contributed by atoms with Crippen LogP contribution in [0.15, 0.2) is 76.5 Å². The fraction of sp³-hybridized carbons (Fsp3) is 0.467. The van der Waals surface area contributed by atoms with Crippen molar-refractivity contribution in [3.63, 3.8) is 0 Å². The van der Waals surface area contributed by atoms with E-state index in [2.05, 4.69) is 10.0 Å². The lowest BCUT2D eigenvalue weighted by atomic mass is 9.88. The number of piperidine rings is 1. The van der Waals surface area contributed by atoms with Gasteiger partial charge in [-0.3, -0.25) is 0 Å². The molecule has 240 valence electrons. The Morgan fingerprint density at radius 1 is 0.909 bits per heavy atom. The lowest BCUT2D eigenvalue weighted by Gasteiger charge is -2.38. The normalized spacial score (nSPS) is 20.6. The zero-order chi connectivity index (χ0) is 31.4. The molecule has 2 saturated heterocycles. The third-order valence-corrected chi connectivity index (χ3v) is 11.4. The minimum Gasteiger partial charge on any atom is -0.491 e. The van der Waals surface area contributed by atoms with Crippen molar-refractivity contribution in [1.29, 1.82) is 0 Å². The van der Waals surface area contributed by atoms with Crippen LogP contribution < -0.4 is 14.8 Å². The quantitative estimate of drug-likeness (QED) is 0.178. The number of aliphatic hydroxyl groups excluding tert-OH is 3. The van der Waals surface area contributed by atoms with Crippen molar-refractivity contribution in [3.8, 4) is 5.75 Å². The molecule has 0 radical (unpaired) electrons. The first-order valence-corrected chi connectivity index (χ1v) is 17.5. The number of ether oxygens (including phenoxy) is 2. The van der Waals surface area contributed by atoms with Crippen molar-refractivity contribution in [2.75, 3.05) is 46.0 Å². The van der Waals surface area contributed by atoms with Crippen LogP contribution in [0.1, 0.15) is 19.3 Å². The number of hydrogen-bond acceptors (Lipinski definition) is 10. The van der Waals surface area contributed by atoms with Crippen molar-refractivity contribution < 1.29 is 41.6 Å². The van der Waals surface area contributed by atoms with Crippen LogP contribution in [0.25, 0.3) is 10.8 Å². The molecule has 2 unspecified atom stereocenters. The molecule has 3 aromatic carbocycles. The van der Waals surface area contributed by atoms with E-state index in [0.717, 1.165) is 10.8 Å². The van der Waals surface area contributed by atoms with Gasteiger partial charge in [0.15, 0.2) is 0 Å². The van der Waals surface area contributed by atoms with E-state index in [1.165, 1.54) is 22.5 Å². The first-order valence-electron chi connectivity index (χ1n) is 14.6. The summed E-state index contributed by atoms with van der Waals surface area (Å²) in [6, 6.07) is 18.6. The Kier molecular flexibility index (Phi) is 10.2. The summed E-state index contributed by atoms with van der Waals surface area (Å²) in [5, 5.41) is 34.0. The number of nitrogens with one attached hydrogen (secondary N) is 2. The van der Waals surface area contributed by atoms with Gasteiger partial charge in [-0.25, -0.2) is 21.6 Å². The van der Waals surface area contributed by atoms with Crippen LogP contribution in [0.5, 0.6) is 5.75 Å². The monoisotopic (exact) mass is 649 g/mol. The van der Waals surface area contributed by atoms with E-state index >= 15 is 0 Å². The Morgan fingerprint density at radius 2 is 1.66 bits per heavy atom. The molecule has 2 aliphatic rings. The summed E-state index contributed by atoms with van der Waals surface area (Å²) in [5.41, 5.74) is -0.415. The van der Waals surface area contributed by atoms with Gasteiger partial charge in [-0.05, 0) is 54.3 Å². The van der Waals surface area contributed by atoms with Gasteiger partial charge in [-0.2, -0.15) is 4.31 Å². The molecule has 12 nitrogen and oxygen atoms in total. The SMILES string of the molecule is O=S(=O)(NCC(O)CO)c1cccc(OC[C@@H](O)CNC2COC3(CCN(S(=O)(=O)c4ccc5ccccc5c4)CC3)C2)c1. The molecule has 0 aliphatic carbocycles. The predicted octanol–water partition coefficient (Wildman–Crippen LogP) is 0.813. The maximum atomic E-state index is 13.4. The van der Waals surface area contributed by atoms with Crippen LogP contribution in [0.2, 0.25) is 0 Å². The molecule has 0 bridgehead atoms. The van der Waals surface area contributed by atoms with Crippen LogP contribution in [0.4, 0.5) is 0 Å². The molecule has 14 heteroatoms. The molecule has 2 heterocycles. The minimum atomic E-state index is -3.92. The van der Waals surface area contributed by atoms with Crippen LogP contribution in [0, 0.1) is 0 Å². The van der Waals surface area contributed by atoms with Crippen molar-refractivity contribution in [3.05, 3.63) is 66.7 Å². The summed E-state index contributed by atoms with van der Waals surface area (Å²) in [7, 11) is -7.55. The van der Waals surface area contributed by atoms with Crippen molar-refractivity contribution in [1.82, 2.24) is 14.3 Å². The van der Waals surface area contributed by atoms with E-state index in [1.807, 2.05) is 30.3 Å². The molecule has 0 aromatic heterocycles. The van der Waals surface area contributed by atoms with E-state index in [0.29, 0.717) is 39.0 Å². The summed E-state index contributed by atoms with van der Waals surface area (Å²) in [5.74, 6) is 0.253. The van der Waals surface area contributed by atoms with Gasteiger partial charge in [0, 0.05) is 38.3 Å². The summed E-state index contributed by atoms with van der Waals surface area (Å²) >= 11 is 0. The molecule has 0 amide bonds. The number of benzene rings is 3. The third-order valence-electron chi connectivity index (χ3n) is 8.12. The lowest BCUT2D eigenvalue weighted by molar-refractivity contribution is -0.0312. The number of aliphatic hydroxyl groups is 3. The van der Waals surface area contributed by atoms with Crippen LogP contribution in [-0.4, -0.2) is 106 Å². The highest BCUT2D eigenvalue weighted by atomic mass is 32.2. The molecule has 0 saturated carbocycles. The van der Waals surface area contributed by atoms with E-state index in [4.69, 9.17) is 14.6 Å². The van der Waals surface area contributed by atoms with Crippen LogP contribution >= 0.6 is 0 Å². The Hall–Kier alpha value is -2.66. The molecular formula is C30H39N3O9S2. The van der Waals surface area contributed by atoms with Gasteiger partial charge in [0.2, 0.25) is 20.0 Å². The van der Waals surface area contributed by atoms with E-state index in [-0.39, 0.29) is 41.3 Å². The second-order valence-corrected chi connectivity index (χ2v) is 15.0. The van der Waals surface area contributed by atoms with E-state index in [1.54, 1.807) is 18.2 Å². The zero-order valence-corrected chi connectivity index (χ0v) is 25.8. The molecule has 44 heavy (non-hydrogen) atoms. The average Bonchev–Trinajstić information content (AvgIpc) is 3.43. The fourth-order valence-corrected chi connectivity index (χ4v) is 8.16. The molecular weight excluding hydrogens is 610 g/mol. The lowest BCUT2D eigenvalue weighted by Crippen LogP contribution is -2.47. The Morgan fingerprint density at radius 3 is 2.41 bits per heavy atom. The molecule has 3 aromatic rings. The van der Waals surface area contributed by atoms with E-state index in [9.17, 15) is 27.0 Å². The number of rotatable bonds is 13. The minimum absolute atomic E-state index is 0.0119. The van der Waals surface area contributed by atoms with Gasteiger partial charge < -0.3 is 30.1 Å². The highest BCUT2D eigenvalue weighted by Gasteiger charge is 2.44. The first-order chi connectivity index (χ1) is 21.0. The highest BCUT2D eigenvalue weighted by Crippen LogP contribution is 2.37. The maximum Gasteiger partial charge on any atom is 0.243 e. The molecule has 2 aliphatic heterocycles. The molecule has 2 fully saturated rings. The van der Waals surface area contributed by atoms with Crippen molar-refractivity contribution >= 4 is 30.8 Å². The van der Waals surface area contributed by atoms with Gasteiger partial charge in [-0.15, -0.1) is 0 Å². The molecule has 1 spiro atoms. The molecule has 3 atom stereocenters. The fourth-order valence-electron chi connectivity index (χ4n) is 5.57. The molecule has 5 N–H and O–H groups in total. The Balaban J connectivity index is 1.07. The maximum absolute atomic E-state index is 13.4. The number of fused-ring (bicyclic) bond motifs is 1. The van der Waals surface area contributed by atoms with Gasteiger partial charge in [0.05, 0.1) is 34.7 Å². The number of nitrogens with zero attached hydrogens (tertiary/aromatic N) is 1. The van der Waals surface area contributed by atoms with Crippen molar-refractivity contribution in [2.45, 2.75) is 52.9 Å². The summed E-state index contributed by atoms with van der Waals surface area (Å²) in [4.78, 5) is 0.218. The largest absolute Gasteiger partial charge is 0.491 e. The van der Waals surface area contributed by atoms with E-state index < -0.39 is 44.5 Å². The summed E-state index contributed by atoms with van der Waals surface area (Å²) in [6.45, 7) is 0.432. The third kappa shape index (κ3) is 7.76. The van der Waals surface area contributed by atoms with Crippen molar-refractivity contribution in [2.24, 2.45) is 0 Å². The van der Waals surface area contributed by atoms with Crippen LogP contribution in [-0.2, 0) is 24.8 Å². The zero-order valence-electron chi connectivity index (χ0n) is 24.2. The Labute approximate surface area is 257 Å². The number of hydrogen-bond donors (Lipinski definition) is 5. The van der Waals surface area contributed by atoms with Gasteiger partial charge >= 0.3 is 0 Å². The summed E-state index contributed by atoms with van der Waals surface area (Å²) < 4.78 is 67.1. The predicted molar refractivity (Wildman–Crippen MR) is 163 cm³/mol. The topological polar surface area (TPSA) is 175 Å². The summed E-state index contributed by atoms with van der Waals surface area (Å²) in [6.07, 6.45) is -0.231. The molecule has 5 rings (SSSR count). The van der Waals surface area contributed by atoms with Crippen LogP contribution in [0.3, 0.4) is 0 Å². The number of sulfonamides is 2. The second-order valence-electron chi connectivity index (χ2n) is 11.3. The first kappa shape index (κ1) is 32.7. The smallest absolute Gasteiger partial charge is 0.243 e. The van der Waals surface area contributed by atoms with Gasteiger partial charge in [0.1, 0.15) is 18.5 Å². The highest BCUT2D eigenvalue weighted by molar-refractivity contribution is 7.89. The van der Waals surface area contributed by atoms with Gasteiger partial charge in [0.25, 0.3) is 0 Å². The second kappa shape index (κ2) is 13.8. The van der Waals surface area contributed by atoms with Gasteiger partial charge in [-0.1, -0.05) is 36.4 Å².